The molecule has 0 aromatic heterocycles. The van der Waals surface area contributed by atoms with Gasteiger partial charge in [0.15, 0.2) is 5.78 Å². The fourth-order valence-electron chi connectivity index (χ4n) is 1.79. The van der Waals surface area contributed by atoms with E-state index in [0.29, 0.717) is 13.0 Å². The molecule has 0 aliphatic heterocycles. The highest BCUT2D eigenvalue weighted by atomic mass is 16.1. The quantitative estimate of drug-likeness (QED) is 0.794. The summed E-state index contributed by atoms with van der Waals surface area (Å²) < 4.78 is 0. The summed E-state index contributed by atoms with van der Waals surface area (Å²) in [5.74, 6) is 0.240. The van der Waals surface area contributed by atoms with E-state index in [4.69, 9.17) is 5.73 Å². The van der Waals surface area contributed by atoms with Crippen molar-refractivity contribution in [1.29, 1.82) is 0 Å². The van der Waals surface area contributed by atoms with Crippen LogP contribution in [0.2, 0.25) is 0 Å². The van der Waals surface area contributed by atoms with E-state index < -0.39 is 0 Å². The van der Waals surface area contributed by atoms with Crippen LogP contribution in [0.15, 0.2) is 24.3 Å². The molecule has 1 rings (SSSR count). The molecule has 0 aliphatic carbocycles. The van der Waals surface area contributed by atoms with Gasteiger partial charge in [0.2, 0.25) is 0 Å². The highest BCUT2D eigenvalue weighted by Gasteiger charge is 2.15. The summed E-state index contributed by atoms with van der Waals surface area (Å²) in [4.78, 5) is 12.1. The zero-order valence-electron chi connectivity index (χ0n) is 11.1. The maximum Gasteiger partial charge on any atom is 0.163 e. The normalized spacial score (nSPS) is 11.5. The molecule has 1 aromatic carbocycles. The van der Waals surface area contributed by atoms with Gasteiger partial charge in [-0.3, -0.25) is 4.79 Å². The number of nitrogens with two attached hydrogens (primary N) is 1. The van der Waals surface area contributed by atoms with Crippen LogP contribution in [0, 0.1) is 5.41 Å². The molecule has 0 amide bonds. The Bertz CT molecular complexity index is 377. The molecule has 2 nitrogen and oxygen atoms in total. The molecule has 0 saturated carbocycles. The smallest absolute Gasteiger partial charge is 0.163 e. The van der Waals surface area contributed by atoms with Crippen LogP contribution in [0.3, 0.4) is 0 Å². The molecule has 0 heterocycles. The van der Waals surface area contributed by atoms with Crippen molar-refractivity contribution in [3.63, 3.8) is 0 Å². The zero-order valence-corrected chi connectivity index (χ0v) is 11.1. The zero-order chi connectivity index (χ0) is 12.9. The molecule has 0 saturated heterocycles. The standard InChI is InChI=1S/C15H23NO/c1-15(2,3)10-8-14(17)13-7-5-4-6-12(13)9-11-16/h4-7H,8-11,16H2,1-3H3. The molecule has 94 valence electrons. The number of Topliss-reactive ketones (excluding diaryl/α,β-unsaturated/α-hetero) is 1. The third-order valence-electron chi connectivity index (χ3n) is 2.83. The maximum atomic E-state index is 12.1. The van der Waals surface area contributed by atoms with Gasteiger partial charge >= 0.3 is 0 Å². The lowest BCUT2D eigenvalue weighted by molar-refractivity contribution is 0.0965. The van der Waals surface area contributed by atoms with Crippen molar-refractivity contribution in [1.82, 2.24) is 0 Å². The van der Waals surface area contributed by atoms with E-state index in [0.717, 1.165) is 24.0 Å². The Labute approximate surface area is 104 Å². The Morgan fingerprint density at radius 3 is 2.47 bits per heavy atom. The Kier molecular flexibility index (Phi) is 4.88. The summed E-state index contributed by atoms with van der Waals surface area (Å²) in [6.45, 7) is 7.06. The van der Waals surface area contributed by atoms with Crippen molar-refractivity contribution in [2.75, 3.05) is 6.54 Å². The highest BCUT2D eigenvalue weighted by Crippen LogP contribution is 2.23. The van der Waals surface area contributed by atoms with Crippen molar-refractivity contribution < 1.29 is 4.79 Å². The van der Waals surface area contributed by atoms with Crippen molar-refractivity contribution >= 4 is 5.78 Å². The van der Waals surface area contributed by atoms with Gasteiger partial charge in [-0.1, -0.05) is 45.0 Å². The molecule has 2 heteroatoms. The molecule has 0 bridgehead atoms. The topological polar surface area (TPSA) is 43.1 Å². The lowest BCUT2D eigenvalue weighted by Crippen LogP contribution is -2.12. The number of carbonyl (C=O) groups excluding carboxylic acids is 1. The molecule has 1 aromatic rings. The van der Waals surface area contributed by atoms with Gasteiger partial charge in [-0.2, -0.15) is 0 Å². The van der Waals surface area contributed by atoms with Crippen LogP contribution in [0.5, 0.6) is 0 Å². The molecule has 0 radical (unpaired) electrons. The van der Waals surface area contributed by atoms with Crippen LogP contribution in [0.4, 0.5) is 0 Å². The van der Waals surface area contributed by atoms with Crippen molar-refractivity contribution in [3.05, 3.63) is 35.4 Å². The molecule has 0 unspecified atom stereocenters. The van der Waals surface area contributed by atoms with Crippen LogP contribution in [0.25, 0.3) is 0 Å². The van der Waals surface area contributed by atoms with Gasteiger partial charge in [0, 0.05) is 12.0 Å². The van der Waals surface area contributed by atoms with Crippen LogP contribution in [-0.2, 0) is 6.42 Å². The minimum atomic E-state index is 0.207. The molecule has 0 spiro atoms. The van der Waals surface area contributed by atoms with Gasteiger partial charge in [0.05, 0.1) is 0 Å². The first-order chi connectivity index (χ1) is 7.94. The van der Waals surface area contributed by atoms with Gasteiger partial charge in [0.1, 0.15) is 0 Å². The first-order valence-electron chi connectivity index (χ1n) is 6.25. The molecular weight excluding hydrogens is 210 g/mol. The van der Waals surface area contributed by atoms with Gasteiger partial charge in [-0.25, -0.2) is 0 Å². The van der Waals surface area contributed by atoms with Crippen LogP contribution in [-0.4, -0.2) is 12.3 Å². The van der Waals surface area contributed by atoms with Crippen molar-refractivity contribution in [3.8, 4) is 0 Å². The van der Waals surface area contributed by atoms with E-state index in [1.165, 1.54) is 0 Å². The van der Waals surface area contributed by atoms with E-state index in [9.17, 15) is 4.79 Å². The van der Waals surface area contributed by atoms with Crippen LogP contribution < -0.4 is 5.73 Å². The lowest BCUT2D eigenvalue weighted by atomic mass is 9.87. The first kappa shape index (κ1) is 13.9. The number of ketones is 1. The second kappa shape index (κ2) is 5.97. The SMILES string of the molecule is CC(C)(C)CCC(=O)c1ccccc1CCN. The maximum absolute atomic E-state index is 12.1. The summed E-state index contributed by atoms with van der Waals surface area (Å²) in [5.41, 5.74) is 7.70. The Morgan fingerprint density at radius 2 is 1.88 bits per heavy atom. The number of carbonyl (C=O) groups is 1. The van der Waals surface area contributed by atoms with E-state index in [1.807, 2.05) is 24.3 Å². The van der Waals surface area contributed by atoms with E-state index in [2.05, 4.69) is 20.8 Å². The molecule has 2 N–H and O–H groups in total. The number of benzene rings is 1. The van der Waals surface area contributed by atoms with Crippen LogP contribution in [0.1, 0.15) is 49.5 Å². The van der Waals surface area contributed by atoms with Crippen LogP contribution >= 0.6 is 0 Å². The van der Waals surface area contributed by atoms with Gasteiger partial charge in [-0.15, -0.1) is 0 Å². The Morgan fingerprint density at radius 1 is 1.24 bits per heavy atom. The molecule has 0 atom stereocenters. The summed E-state index contributed by atoms with van der Waals surface area (Å²) >= 11 is 0. The summed E-state index contributed by atoms with van der Waals surface area (Å²) in [6.07, 6.45) is 2.31. The van der Waals surface area contributed by atoms with Crippen molar-refractivity contribution in [2.24, 2.45) is 11.1 Å². The number of hydrogen-bond donors (Lipinski definition) is 1. The Balaban J connectivity index is 2.74. The third-order valence-corrected chi connectivity index (χ3v) is 2.83. The largest absolute Gasteiger partial charge is 0.330 e. The monoisotopic (exact) mass is 233 g/mol. The lowest BCUT2D eigenvalue weighted by Gasteiger charge is -2.17. The second-order valence-electron chi connectivity index (χ2n) is 5.68. The average Bonchev–Trinajstić information content (AvgIpc) is 2.26. The Hall–Kier alpha value is -1.15. The predicted molar refractivity (Wildman–Crippen MR) is 72.2 cm³/mol. The van der Waals surface area contributed by atoms with E-state index in [-0.39, 0.29) is 11.2 Å². The summed E-state index contributed by atoms with van der Waals surface area (Å²) in [5, 5.41) is 0. The molecule has 17 heavy (non-hydrogen) atoms. The van der Waals surface area contributed by atoms with E-state index >= 15 is 0 Å². The van der Waals surface area contributed by atoms with Gasteiger partial charge < -0.3 is 5.73 Å². The molecule has 0 fully saturated rings. The molecule has 0 aliphatic rings. The van der Waals surface area contributed by atoms with E-state index in [1.54, 1.807) is 0 Å². The van der Waals surface area contributed by atoms with Crippen molar-refractivity contribution in [2.45, 2.75) is 40.0 Å². The predicted octanol–water partition coefficient (Wildman–Crippen LogP) is 3.20. The fourth-order valence-corrected chi connectivity index (χ4v) is 1.79. The molecular formula is C15H23NO. The number of rotatable bonds is 5. The summed E-state index contributed by atoms with van der Waals surface area (Å²) in [6, 6.07) is 7.79. The van der Waals surface area contributed by atoms with Gasteiger partial charge in [-0.05, 0) is 30.4 Å². The summed E-state index contributed by atoms with van der Waals surface area (Å²) in [7, 11) is 0. The first-order valence-corrected chi connectivity index (χ1v) is 6.25. The minimum Gasteiger partial charge on any atom is -0.330 e. The average molecular weight is 233 g/mol. The minimum absolute atomic E-state index is 0.207. The second-order valence-corrected chi connectivity index (χ2v) is 5.68. The fraction of sp³-hybridized carbons (Fsp3) is 0.533. The highest BCUT2D eigenvalue weighted by molar-refractivity contribution is 5.97. The van der Waals surface area contributed by atoms with Gasteiger partial charge in [0.25, 0.3) is 0 Å². The number of hydrogen-bond acceptors (Lipinski definition) is 2. The third kappa shape index (κ3) is 4.70.